The van der Waals surface area contributed by atoms with Crippen molar-refractivity contribution in [2.75, 3.05) is 44.8 Å². The summed E-state index contributed by atoms with van der Waals surface area (Å²) in [6.45, 7) is 4.30. The summed E-state index contributed by atoms with van der Waals surface area (Å²) in [5, 5.41) is 0. The fourth-order valence-electron chi connectivity index (χ4n) is 3.30. The highest BCUT2D eigenvalue weighted by atomic mass is 16.5. The van der Waals surface area contributed by atoms with Crippen LogP contribution in [0.15, 0.2) is 54.6 Å². The molecule has 0 spiro atoms. The van der Waals surface area contributed by atoms with Gasteiger partial charge in [-0.15, -0.1) is 0 Å². The zero-order chi connectivity index (χ0) is 20.6. The third-order valence-electron chi connectivity index (χ3n) is 4.85. The lowest BCUT2D eigenvalue weighted by atomic mass is 10.1. The number of rotatable bonds is 6. The number of aryl methyl sites for hydroxylation is 1. The number of ether oxygens (including phenoxy) is 2. The lowest BCUT2D eigenvalue weighted by molar-refractivity contribution is -0.148. The average Bonchev–Trinajstić information content (AvgIpc) is 2.76. The summed E-state index contributed by atoms with van der Waals surface area (Å²) in [6.07, 6.45) is 3.04. The van der Waals surface area contributed by atoms with Crippen LogP contribution in [-0.4, -0.2) is 56.7 Å². The molecule has 3 rings (SSSR count). The van der Waals surface area contributed by atoms with Gasteiger partial charge in [0.1, 0.15) is 5.75 Å². The van der Waals surface area contributed by atoms with E-state index in [-0.39, 0.29) is 12.5 Å². The van der Waals surface area contributed by atoms with Crippen molar-refractivity contribution < 1.29 is 19.1 Å². The van der Waals surface area contributed by atoms with E-state index in [4.69, 9.17) is 9.47 Å². The van der Waals surface area contributed by atoms with Gasteiger partial charge in [0.2, 0.25) is 0 Å². The van der Waals surface area contributed by atoms with E-state index in [9.17, 15) is 9.59 Å². The number of anilines is 1. The first-order chi connectivity index (χ1) is 14.1. The van der Waals surface area contributed by atoms with Gasteiger partial charge in [-0.2, -0.15) is 0 Å². The number of carbonyl (C=O) groups excluding carboxylic acids is 2. The standard InChI is InChI=1S/C23H26N2O4/c1-18-6-5-7-19(16-18)10-11-23(27)29-17-22(26)25-14-12-24(13-15-25)20-8-3-4-9-21(20)28-2/h3-11,16H,12-15,17H2,1-2H3/b11-10+. The number of para-hydroxylation sites is 2. The van der Waals surface area contributed by atoms with Crippen molar-refractivity contribution in [1.82, 2.24) is 4.90 Å². The minimum Gasteiger partial charge on any atom is -0.495 e. The van der Waals surface area contributed by atoms with Crippen molar-refractivity contribution in [3.63, 3.8) is 0 Å². The summed E-state index contributed by atoms with van der Waals surface area (Å²) < 4.78 is 10.5. The molecule has 0 aromatic heterocycles. The van der Waals surface area contributed by atoms with Crippen LogP contribution in [0.25, 0.3) is 6.08 Å². The van der Waals surface area contributed by atoms with Gasteiger partial charge in [0.05, 0.1) is 12.8 Å². The van der Waals surface area contributed by atoms with Crippen molar-refractivity contribution in [1.29, 1.82) is 0 Å². The second-order valence-corrected chi connectivity index (χ2v) is 6.89. The Morgan fingerprint density at radius 1 is 1.03 bits per heavy atom. The van der Waals surface area contributed by atoms with Crippen molar-refractivity contribution in [2.45, 2.75) is 6.92 Å². The summed E-state index contributed by atoms with van der Waals surface area (Å²) in [4.78, 5) is 28.2. The zero-order valence-corrected chi connectivity index (χ0v) is 16.8. The fourth-order valence-corrected chi connectivity index (χ4v) is 3.30. The van der Waals surface area contributed by atoms with Crippen LogP contribution in [0, 0.1) is 6.92 Å². The Morgan fingerprint density at radius 2 is 1.79 bits per heavy atom. The van der Waals surface area contributed by atoms with Crippen LogP contribution in [0.4, 0.5) is 5.69 Å². The number of hydrogen-bond donors (Lipinski definition) is 0. The highest BCUT2D eigenvalue weighted by Gasteiger charge is 2.23. The van der Waals surface area contributed by atoms with Gasteiger partial charge < -0.3 is 19.3 Å². The van der Waals surface area contributed by atoms with Gasteiger partial charge in [0, 0.05) is 32.3 Å². The molecule has 1 saturated heterocycles. The Balaban J connectivity index is 1.45. The molecule has 1 amide bonds. The topological polar surface area (TPSA) is 59.1 Å². The van der Waals surface area contributed by atoms with Crippen molar-refractivity contribution in [3.05, 3.63) is 65.7 Å². The maximum atomic E-state index is 12.4. The molecule has 0 unspecified atom stereocenters. The highest BCUT2D eigenvalue weighted by Crippen LogP contribution is 2.28. The number of methoxy groups -OCH3 is 1. The van der Waals surface area contributed by atoms with Crippen LogP contribution >= 0.6 is 0 Å². The molecule has 0 atom stereocenters. The molecule has 2 aromatic rings. The van der Waals surface area contributed by atoms with Gasteiger partial charge in [0.25, 0.3) is 5.91 Å². The molecule has 0 radical (unpaired) electrons. The molecule has 29 heavy (non-hydrogen) atoms. The van der Waals surface area contributed by atoms with E-state index in [2.05, 4.69) is 4.90 Å². The lowest BCUT2D eigenvalue weighted by Gasteiger charge is -2.36. The number of hydrogen-bond acceptors (Lipinski definition) is 5. The van der Waals surface area contributed by atoms with Crippen LogP contribution in [-0.2, 0) is 14.3 Å². The second-order valence-electron chi connectivity index (χ2n) is 6.89. The molecule has 2 aromatic carbocycles. The molecular weight excluding hydrogens is 368 g/mol. The Morgan fingerprint density at radius 3 is 2.52 bits per heavy atom. The number of esters is 1. The van der Waals surface area contributed by atoms with Crippen LogP contribution in [0.1, 0.15) is 11.1 Å². The molecule has 1 fully saturated rings. The van der Waals surface area contributed by atoms with Gasteiger partial charge in [-0.3, -0.25) is 4.79 Å². The average molecular weight is 394 g/mol. The number of carbonyl (C=O) groups is 2. The Hall–Kier alpha value is -3.28. The van der Waals surface area contributed by atoms with Crippen LogP contribution in [0.2, 0.25) is 0 Å². The predicted octanol–water partition coefficient (Wildman–Crippen LogP) is 2.91. The molecule has 0 aliphatic carbocycles. The molecule has 0 saturated carbocycles. The first-order valence-electron chi connectivity index (χ1n) is 9.64. The normalized spacial score (nSPS) is 14.1. The SMILES string of the molecule is COc1ccccc1N1CCN(C(=O)COC(=O)/C=C/c2cccc(C)c2)CC1. The van der Waals surface area contributed by atoms with Crippen LogP contribution in [0.5, 0.6) is 5.75 Å². The summed E-state index contributed by atoms with van der Waals surface area (Å²) in [6, 6.07) is 15.6. The van der Waals surface area contributed by atoms with E-state index in [1.807, 2.05) is 55.5 Å². The van der Waals surface area contributed by atoms with Crippen LogP contribution in [0.3, 0.4) is 0 Å². The molecule has 6 nitrogen and oxygen atoms in total. The summed E-state index contributed by atoms with van der Waals surface area (Å²) in [5.74, 6) is 0.121. The summed E-state index contributed by atoms with van der Waals surface area (Å²) >= 11 is 0. The maximum absolute atomic E-state index is 12.4. The summed E-state index contributed by atoms with van der Waals surface area (Å²) in [7, 11) is 1.65. The quantitative estimate of drug-likeness (QED) is 0.557. The third kappa shape index (κ3) is 5.60. The molecular formula is C23H26N2O4. The number of piperazine rings is 1. The lowest BCUT2D eigenvalue weighted by Crippen LogP contribution is -2.50. The van der Waals surface area contributed by atoms with E-state index >= 15 is 0 Å². The molecule has 0 bridgehead atoms. The Labute approximate surface area is 171 Å². The van der Waals surface area contributed by atoms with E-state index in [0.717, 1.165) is 22.6 Å². The van der Waals surface area contributed by atoms with Crippen molar-refractivity contribution in [2.24, 2.45) is 0 Å². The molecule has 1 aliphatic heterocycles. The largest absolute Gasteiger partial charge is 0.495 e. The molecule has 1 aliphatic rings. The Kier molecular flexibility index (Phi) is 6.89. The van der Waals surface area contributed by atoms with Crippen molar-refractivity contribution in [3.8, 4) is 5.75 Å². The minimum absolute atomic E-state index is 0.179. The third-order valence-corrected chi connectivity index (χ3v) is 4.85. The van der Waals surface area contributed by atoms with Gasteiger partial charge in [0.15, 0.2) is 6.61 Å². The molecule has 1 heterocycles. The van der Waals surface area contributed by atoms with Gasteiger partial charge >= 0.3 is 5.97 Å². The van der Waals surface area contributed by atoms with E-state index in [1.165, 1.54) is 6.08 Å². The minimum atomic E-state index is -0.521. The molecule has 6 heteroatoms. The van der Waals surface area contributed by atoms with E-state index in [1.54, 1.807) is 18.1 Å². The van der Waals surface area contributed by atoms with E-state index in [0.29, 0.717) is 26.2 Å². The first kappa shape index (κ1) is 20.5. The predicted molar refractivity (Wildman–Crippen MR) is 113 cm³/mol. The maximum Gasteiger partial charge on any atom is 0.331 e. The number of benzene rings is 2. The monoisotopic (exact) mass is 394 g/mol. The number of nitrogens with zero attached hydrogens (tertiary/aromatic N) is 2. The summed E-state index contributed by atoms with van der Waals surface area (Å²) in [5.41, 5.74) is 3.05. The second kappa shape index (κ2) is 9.78. The van der Waals surface area contributed by atoms with Gasteiger partial charge in [-0.1, -0.05) is 42.0 Å². The smallest absolute Gasteiger partial charge is 0.331 e. The van der Waals surface area contributed by atoms with Gasteiger partial charge in [-0.05, 0) is 30.7 Å². The molecule has 0 N–H and O–H groups in total. The first-order valence-corrected chi connectivity index (χ1v) is 9.64. The number of amides is 1. The zero-order valence-electron chi connectivity index (χ0n) is 16.8. The van der Waals surface area contributed by atoms with E-state index < -0.39 is 5.97 Å². The fraction of sp³-hybridized carbons (Fsp3) is 0.304. The Bertz CT molecular complexity index is 886. The van der Waals surface area contributed by atoms with Crippen molar-refractivity contribution >= 4 is 23.6 Å². The van der Waals surface area contributed by atoms with Gasteiger partial charge in [-0.25, -0.2) is 4.79 Å². The highest BCUT2D eigenvalue weighted by molar-refractivity contribution is 5.89. The molecule has 152 valence electrons. The van der Waals surface area contributed by atoms with Crippen LogP contribution < -0.4 is 9.64 Å².